The highest BCUT2D eigenvalue weighted by atomic mass is 16.3. The lowest BCUT2D eigenvalue weighted by atomic mass is 10.1. The Morgan fingerprint density at radius 2 is 2.20 bits per heavy atom. The second kappa shape index (κ2) is 5.81. The first-order valence-electron chi connectivity index (χ1n) is 7.15. The summed E-state index contributed by atoms with van der Waals surface area (Å²) < 4.78 is 5.27. The highest BCUT2D eigenvalue weighted by Gasteiger charge is 2.36. The van der Waals surface area contributed by atoms with Gasteiger partial charge in [0.15, 0.2) is 0 Å². The lowest BCUT2D eigenvalue weighted by Crippen LogP contribution is -2.63. The third-order valence-electron chi connectivity index (χ3n) is 4.15. The van der Waals surface area contributed by atoms with Gasteiger partial charge in [-0.3, -0.25) is 14.6 Å². The lowest BCUT2D eigenvalue weighted by molar-refractivity contribution is -0.143. The maximum atomic E-state index is 12.2. The summed E-state index contributed by atoms with van der Waals surface area (Å²) >= 11 is 0. The molecule has 1 atom stereocenters. The summed E-state index contributed by atoms with van der Waals surface area (Å²) in [6.07, 6.45) is 5.77. The summed E-state index contributed by atoms with van der Waals surface area (Å²) in [7, 11) is 1.90. The Labute approximate surface area is 119 Å². The van der Waals surface area contributed by atoms with Gasteiger partial charge in [-0.25, -0.2) is 0 Å². The molecule has 5 heteroatoms. The molecule has 1 aromatic rings. The van der Waals surface area contributed by atoms with E-state index in [1.165, 1.54) is 0 Å². The van der Waals surface area contributed by atoms with Gasteiger partial charge in [0.1, 0.15) is 11.8 Å². The van der Waals surface area contributed by atoms with E-state index >= 15 is 0 Å². The van der Waals surface area contributed by atoms with Crippen LogP contribution in [-0.4, -0.2) is 73.0 Å². The molecule has 2 aliphatic rings. The van der Waals surface area contributed by atoms with Crippen molar-refractivity contribution in [2.24, 2.45) is 0 Å². The van der Waals surface area contributed by atoms with Crippen molar-refractivity contribution in [3.63, 3.8) is 0 Å². The van der Waals surface area contributed by atoms with E-state index < -0.39 is 0 Å². The molecule has 1 unspecified atom stereocenters. The van der Waals surface area contributed by atoms with Crippen molar-refractivity contribution in [2.45, 2.75) is 6.04 Å². The van der Waals surface area contributed by atoms with E-state index in [1.807, 2.05) is 30.2 Å². The molecule has 0 radical (unpaired) electrons. The van der Waals surface area contributed by atoms with Gasteiger partial charge < -0.3 is 9.32 Å². The minimum Gasteiger partial charge on any atom is -0.465 e. The molecular formula is C15H21N3O2. The van der Waals surface area contributed by atoms with Crippen LogP contribution in [0, 0.1) is 0 Å². The Morgan fingerprint density at radius 1 is 1.35 bits per heavy atom. The fourth-order valence-corrected chi connectivity index (χ4v) is 2.89. The largest absolute Gasteiger partial charge is 0.465 e. The van der Waals surface area contributed by atoms with Crippen LogP contribution >= 0.6 is 0 Å². The minimum absolute atomic E-state index is 0.0412. The Kier molecular flexibility index (Phi) is 3.89. The summed E-state index contributed by atoms with van der Waals surface area (Å²) in [5, 5.41) is 0. The average molecular weight is 275 g/mol. The number of likely N-dealkylation sites (N-methyl/N-ethyl adjacent to an activating group) is 1. The Hall–Kier alpha value is -1.59. The average Bonchev–Trinajstić information content (AvgIpc) is 2.97. The number of fused-ring (bicyclic) bond motifs is 1. The van der Waals surface area contributed by atoms with E-state index in [0.717, 1.165) is 45.0 Å². The molecule has 0 N–H and O–H groups in total. The number of hydrogen-bond acceptors (Lipinski definition) is 4. The summed E-state index contributed by atoms with van der Waals surface area (Å²) in [5.41, 5.74) is 0. The van der Waals surface area contributed by atoms with Crippen molar-refractivity contribution in [1.82, 2.24) is 14.7 Å². The van der Waals surface area contributed by atoms with Crippen LogP contribution in [0.1, 0.15) is 5.76 Å². The second-order valence-electron chi connectivity index (χ2n) is 5.49. The third-order valence-corrected chi connectivity index (χ3v) is 4.15. The predicted octanol–water partition coefficient (Wildman–Crippen LogP) is 0.751. The third kappa shape index (κ3) is 2.78. The topological polar surface area (TPSA) is 39.9 Å². The van der Waals surface area contributed by atoms with Gasteiger partial charge in [0.25, 0.3) is 0 Å². The Morgan fingerprint density at radius 3 is 3.00 bits per heavy atom. The van der Waals surface area contributed by atoms with Gasteiger partial charge >= 0.3 is 0 Å². The molecule has 108 valence electrons. The van der Waals surface area contributed by atoms with Gasteiger partial charge in [-0.1, -0.05) is 6.08 Å². The van der Waals surface area contributed by atoms with Gasteiger partial charge in [0.05, 0.1) is 6.26 Å². The van der Waals surface area contributed by atoms with E-state index in [-0.39, 0.29) is 11.9 Å². The molecule has 0 aromatic carbocycles. The van der Waals surface area contributed by atoms with Crippen molar-refractivity contribution < 1.29 is 9.21 Å². The summed E-state index contributed by atoms with van der Waals surface area (Å²) in [6, 6.07) is 3.86. The van der Waals surface area contributed by atoms with Crippen LogP contribution in [0.25, 0.3) is 6.08 Å². The number of rotatable bonds is 3. The van der Waals surface area contributed by atoms with Gasteiger partial charge in [-0.2, -0.15) is 0 Å². The molecule has 0 saturated carbocycles. The van der Waals surface area contributed by atoms with Gasteiger partial charge in [-0.05, 0) is 18.2 Å². The number of carbonyl (C=O) groups is 1. The molecule has 5 nitrogen and oxygen atoms in total. The fraction of sp³-hybridized carbons (Fsp3) is 0.533. The van der Waals surface area contributed by atoms with Gasteiger partial charge in [-0.15, -0.1) is 0 Å². The molecule has 0 bridgehead atoms. The maximum Gasteiger partial charge on any atom is 0.241 e. The van der Waals surface area contributed by atoms with Crippen LogP contribution in [-0.2, 0) is 4.79 Å². The first-order valence-corrected chi connectivity index (χ1v) is 7.15. The minimum atomic E-state index is 0.0412. The molecule has 3 rings (SSSR count). The van der Waals surface area contributed by atoms with Crippen LogP contribution in [0.3, 0.4) is 0 Å². The summed E-state index contributed by atoms with van der Waals surface area (Å²) in [5.74, 6) is 1.13. The number of piperazine rings is 2. The summed E-state index contributed by atoms with van der Waals surface area (Å²) in [4.78, 5) is 18.7. The number of nitrogens with zero attached hydrogens (tertiary/aromatic N) is 3. The van der Waals surface area contributed by atoms with E-state index in [9.17, 15) is 4.79 Å². The molecule has 1 amide bonds. The van der Waals surface area contributed by atoms with Crippen LogP contribution < -0.4 is 0 Å². The van der Waals surface area contributed by atoms with Crippen molar-refractivity contribution in [3.05, 3.63) is 30.2 Å². The molecule has 0 spiro atoms. The van der Waals surface area contributed by atoms with Crippen LogP contribution in [0.5, 0.6) is 0 Å². The van der Waals surface area contributed by atoms with E-state index in [0.29, 0.717) is 0 Å². The van der Waals surface area contributed by atoms with Gasteiger partial charge in [0, 0.05) is 46.3 Å². The highest BCUT2D eigenvalue weighted by molar-refractivity contribution is 5.82. The number of furan rings is 1. The monoisotopic (exact) mass is 275 g/mol. The van der Waals surface area contributed by atoms with Crippen LogP contribution in [0.4, 0.5) is 0 Å². The predicted molar refractivity (Wildman–Crippen MR) is 77.2 cm³/mol. The normalized spacial score (nSPS) is 25.4. The zero-order valence-corrected chi connectivity index (χ0v) is 11.9. The quantitative estimate of drug-likeness (QED) is 0.816. The van der Waals surface area contributed by atoms with Crippen molar-refractivity contribution in [1.29, 1.82) is 0 Å². The van der Waals surface area contributed by atoms with E-state index in [4.69, 9.17) is 4.42 Å². The number of amides is 1. The zero-order valence-electron chi connectivity index (χ0n) is 11.9. The van der Waals surface area contributed by atoms with Gasteiger partial charge in [0.2, 0.25) is 5.91 Å². The molecule has 2 saturated heterocycles. The van der Waals surface area contributed by atoms with Crippen molar-refractivity contribution in [3.8, 4) is 0 Å². The lowest BCUT2D eigenvalue weighted by Gasteiger charge is -2.45. The molecule has 2 aliphatic heterocycles. The Bertz CT molecular complexity index is 483. The summed E-state index contributed by atoms with van der Waals surface area (Å²) in [6.45, 7) is 5.55. The molecule has 20 heavy (non-hydrogen) atoms. The molecule has 3 heterocycles. The molecule has 2 fully saturated rings. The van der Waals surface area contributed by atoms with E-state index in [2.05, 4.69) is 15.9 Å². The zero-order chi connectivity index (χ0) is 13.9. The van der Waals surface area contributed by atoms with Crippen LogP contribution in [0.15, 0.2) is 28.9 Å². The first kappa shape index (κ1) is 13.4. The maximum absolute atomic E-state index is 12.2. The van der Waals surface area contributed by atoms with Crippen molar-refractivity contribution in [2.75, 3.05) is 46.3 Å². The second-order valence-corrected chi connectivity index (χ2v) is 5.49. The molecular weight excluding hydrogens is 254 g/mol. The fourth-order valence-electron chi connectivity index (χ4n) is 2.89. The smallest absolute Gasteiger partial charge is 0.241 e. The molecule has 1 aromatic heterocycles. The number of carbonyl (C=O) groups excluding carboxylic acids is 1. The highest BCUT2D eigenvalue weighted by Crippen LogP contribution is 2.16. The molecule has 0 aliphatic carbocycles. The Balaban J connectivity index is 1.56. The first-order chi connectivity index (χ1) is 9.74. The standard InChI is InChI=1S/C15H21N3O2/c1-16-7-9-18-10-8-17(12-14(18)15(16)19)6-2-4-13-5-3-11-20-13/h2-5,11,14H,6-10,12H2,1H3/b4-2+. The van der Waals surface area contributed by atoms with Crippen LogP contribution in [0.2, 0.25) is 0 Å². The van der Waals surface area contributed by atoms with Crippen molar-refractivity contribution >= 4 is 12.0 Å². The van der Waals surface area contributed by atoms with E-state index in [1.54, 1.807) is 6.26 Å². The SMILES string of the molecule is CN1CCN2CCN(C/C=C/c3ccco3)CC2C1=O. The number of hydrogen-bond donors (Lipinski definition) is 0.